The van der Waals surface area contributed by atoms with Crippen molar-refractivity contribution < 1.29 is 13.9 Å². The lowest BCUT2D eigenvalue weighted by Gasteiger charge is -2.27. The number of rotatable bonds is 7. The zero-order valence-electron chi connectivity index (χ0n) is 25.6. The predicted octanol–water partition coefficient (Wildman–Crippen LogP) is 6.22. The number of carbonyl (C=O) groups is 1. The van der Waals surface area contributed by atoms with Crippen LogP contribution >= 0.6 is 0 Å². The van der Waals surface area contributed by atoms with E-state index >= 15 is 4.39 Å². The van der Waals surface area contributed by atoms with Gasteiger partial charge in [-0.2, -0.15) is 0 Å². The first-order valence-corrected chi connectivity index (χ1v) is 14.9. The molecule has 226 valence electrons. The minimum atomic E-state index is -0.444. The number of benzene rings is 1. The SMILES string of the molecule is Cc1cc(-c2ccn3c(-c4ccc(CC(=O)Nc5cc(C(C)(C)C)cc(CN6CCOCC6)n5)c(F)c4)cnc3c2)ccn1. The molecule has 6 rings (SSSR count). The number of pyridine rings is 3. The molecule has 1 amide bonds. The highest BCUT2D eigenvalue weighted by molar-refractivity contribution is 5.91. The molecule has 1 aliphatic heterocycles. The number of hydrogen-bond donors (Lipinski definition) is 1. The Kier molecular flexibility index (Phi) is 8.25. The van der Waals surface area contributed by atoms with Crippen LogP contribution in [0.3, 0.4) is 0 Å². The maximum atomic E-state index is 15.4. The quantitative estimate of drug-likeness (QED) is 0.242. The van der Waals surface area contributed by atoms with Crippen LogP contribution in [0, 0.1) is 12.7 Å². The smallest absolute Gasteiger partial charge is 0.230 e. The number of hydrogen-bond acceptors (Lipinski definition) is 6. The number of amides is 1. The number of carbonyl (C=O) groups excluding carboxylic acids is 1. The molecule has 0 atom stereocenters. The van der Waals surface area contributed by atoms with Crippen LogP contribution in [0.15, 0.2) is 73.2 Å². The third kappa shape index (κ3) is 6.69. The Morgan fingerprint density at radius 3 is 2.52 bits per heavy atom. The Balaban J connectivity index is 1.18. The standard InChI is InChI=1S/C35H37FN6O2/c1-23-15-24(7-9-37-23)25-8-10-42-31(21-38-33(42)17-25)27-6-5-26(30(36)16-27)18-34(43)40-32-20-28(35(2,3)4)19-29(39-32)22-41-11-13-44-14-12-41/h5-10,15-17,19-21H,11-14,18,22H2,1-4H3,(H,39,40,43). The molecule has 5 heterocycles. The van der Waals surface area contributed by atoms with Crippen molar-refractivity contribution in [3.8, 4) is 22.4 Å². The number of nitrogens with one attached hydrogen (secondary N) is 1. The van der Waals surface area contributed by atoms with Crippen molar-refractivity contribution in [3.05, 3.63) is 102 Å². The summed E-state index contributed by atoms with van der Waals surface area (Å²) in [5.74, 6) is -0.281. The Hall–Kier alpha value is -4.47. The van der Waals surface area contributed by atoms with Gasteiger partial charge in [0.2, 0.25) is 5.91 Å². The number of halogens is 1. The van der Waals surface area contributed by atoms with Crippen LogP contribution in [-0.2, 0) is 27.9 Å². The van der Waals surface area contributed by atoms with E-state index in [4.69, 9.17) is 9.72 Å². The third-order valence-electron chi connectivity index (χ3n) is 7.94. The lowest BCUT2D eigenvalue weighted by molar-refractivity contribution is -0.115. The van der Waals surface area contributed by atoms with E-state index in [1.807, 2.05) is 53.9 Å². The van der Waals surface area contributed by atoms with Crippen molar-refractivity contribution in [2.75, 3.05) is 31.6 Å². The molecule has 1 aromatic carbocycles. The average molecular weight is 593 g/mol. The number of anilines is 1. The lowest BCUT2D eigenvalue weighted by Crippen LogP contribution is -2.36. The van der Waals surface area contributed by atoms with Crippen LogP contribution in [0.25, 0.3) is 28.0 Å². The number of ether oxygens (including phenoxy) is 1. The van der Waals surface area contributed by atoms with Gasteiger partial charge in [0.15, 0.2) is 0 Å². The molecular formula is C35H37FN6O2. The summed E-state index contributed by atoms with van der Waals surface area (Å²) >= 11 is 0. The number of imidazole rings is 1. The van der Waals surface area contributed by atoms with Gasteiger partial charge >= 0.3 is 0 Å². The molecule has 0 aliphatic carbocycles. The second-order valence-electron chi connectivity index (χ2n) is 12.4. The molecule has 9 heteroatoms. The molecule has 1 N–H and O–H groups in total. The molecule has 1 fully saturated rings. The van der Waals surface area contributed by atoms with E-state index in [1.54, 1.807) is 18.5 Å². The van der Waals surface area contributed by atoms with Gasteiger partial charge in [0.05, 0.1) is 37.2 Å². The number of morpholine rings is 1. The van der Waals surface area contributed by atoms with E-state index in [2.05, 4.69) is 47.0 Å². The van der Waals surface area contributed by atoms with Gasteiger partial charge in [0.25, 0.3) is 0 Å². The summed E-state index contributed by atoms with van der Waals surface area (Å²) in [6.45, 7) is 12.1. The first kappa shape index (κ1) is 29.6. The second kappa shape index (κ2) is 12.3. The van der Waals surface area contributed by atoms with Gasteiger partial charge in [0.1, 0.15) is 17.3 Å². The van der Waals surface area contributed by atoms with E-state index in [0.717, 1.165) is 52.5 Å². The summed E-state index contributed by atoms with van der Waals surface area (Å²) in [6.07, 6.45) is 5.36. The topological polar surface area (TPSA) is 84.7 Å². The fourth-order valence-electron chi connectivity index (χ4n) is 5.46. The molecule has 4 aromatic heterocycles. The van der Waals surface area contributed by atoms with E-state index in [-0.39, 0.29) is 17.7 Å². The van der Waals surface area contributed by atoms with Crippen molar-refractivity contribution >= 4 is 17.4 Å². The monoisotopic (exact) mass is 592 g/mol. The second-order valence-corrected chi connectivity index (χ2v) is 12.4. The van der Waals surface area contributed by atoms with Gasteiger partial charge in [-0.05, 0) is 77.1 Å². The molecule has 0 unspecified atom stereocenters. The summed E-state index contributed by atoms with van der Waals surface area (Å²) < 4.78 is 22.8. The lowest BCUT2D eigenvalue weighted by atomic mass is 9.87. The Bertz CT molecular complexity index is 1820. The summed E-state index contributed by atoms with van der Waals surface area (Å²) in [6, 6.07) is 17.0. The molecular weight excluding hydrogens is 555 g/mol. The average Bonchev–Trinajstić information content (AvgIpc) is 3.41. The Labute approximate surface area is 257 Å². The zero-order chi connectivity index (χ0) is 30.8. The molecule has 1 aliphatic rings. The highest BCUT2D eigenvalue weighted by Gasteiger charge is 2.20. The van der Waals surface area contributed by atoms with E-state index in [0.29, 0.717) is 36.7 Å². The molecule has 0 saturated carbocycles. The number of nitrogens with zero attached hydrogens (tertiary/aromatic N) is 5. The molecule has 5 aromatic rings. The molecule has 0 bridgehead atoms. The molecule has 8 nitrogen and oxygen atoms in total. The van der Waals surface area contributed by atoms with Gasteiger partial charge in [-0.3, -0.25) is 19.1 Å². The van der Waals surface area contributed by atoms with Gasteiger partial charge in [-0.15, -0.1) is 0 Å². The van der Waals surface area contributed by atoms with Gasteiger partial charge in [0, 0.05) is 43.3 Å². The first-order chi connectivity index (χ1) is 21.1. The van der Waals surface area contributed by atoms with Crippen LogP contribution in [0.4, 0.5) is 10.2 Å². The number of fused-ring (bicyclic) bond motifs is 1. The Morgan fingerprint density at radius 2 is 1.77 bits per heavy atom. The number of aryl methyl sites for hydroxylation is 1. The van der Waals surface area contributed by atoms with Crippen LogP contribution in [0.1, 0.15) is 43.3 Å². The van der Waals surface area contributed by atoms with Gasteiger partial charge in [-0.25, -0.2) is 14.4 Å². The fraction of sp³-hybridized carbons (Fsp3) is 0.314. The van der Waals surface area contributed by atoms with Crippen LogP contribution < -0.4 is 5.32 Å². The highest BCUT2D eigenvalue weighted by atomic mass is 19.1. The largest absolute Gasteiger partial charge is 0.379 e. The maximum absolute atomic E-state index is 15.4. The molecule has 44 heavy (non-hydrogen) atoms. The fourth-order valence-corrected chi connectivity index (χ4v) is 5.46. The summed E-state index contributed by atoms with van der Waals surface area (Å²) in [4.78, 5) is 29.0. The van der Waals surface area contributed by atoms with Crippen LogP contribution in [0.2, 0.25) is 0 Å². The first-order valence-electron chi connectivity index (χ1n) is 14.9. The van der Waals surface area contributed by atoms with Crippen molar-refractivity contribution in [2.45, 2.75) is 46.1 Å². The summed E-state index contributed by atoms with van der Waals surface area (Å²) in [5, 5.41) is 2.92. The predicted molar refractivity (Wildman–Crippen MR) is 170 cm³/mol. The summed E-state index contributed by atoms with van der Waals surface area (Å²) in [5.41, 5.74) is 7.40. The van der Waals surface area contributed by atoms with Crippen molar-refractivity contribution in [1.82, 2.24) is 24.3 Å². The minimum absolute atomic E-state index is 0.103. The Morgan fingerprint density at radius 1 is 0.977 bits per heavy atom. The van der Waals surface area contributed by atoms with Crippen LogP contribution in [0.5, 0.6) is 0 Å². The summed E-state index contributed by atoms with van der Waals surface area (Å²) in [7, 11) is 0. The van der Waals surface area contributed by atoms with Gasteiger partial charge < -0.3 is 10.1 Å². The van der Waals surface area contributed by atoms with E-state index in [1.165, 1.54) is 6.07 Å². The zero-order valence-corrected chi connectivity index (χ0v) is 25.6. The van der Waals surface area contributed by atoms with E-state index in [9.17, 15) is 4.79 Å². The minimum Gasteiger partial charge on any atom is -0.379 e. The van der Waals surface area contributed by atoms with Crippen molar-refractivity contribution in [1.29, 1.82) is 0 Å². The maximum Gasteiger partial charge on any atom is 0.230 e. The van der Waals surface area contributed by atoms with E-state index < -0.39 is 5.82 Å². The van der Waals surface area contributed by atoms with Crippen molar-refractivity contribution in [2.24, 2.45) is 0 Å². The van der Waals surface area contributed by atoms with Crippen molar-refractivity contribution in [3.63, 3.8) is 0 Å². The van der Waals surface area contributed by atoms with Crippen LogP contribution in [-0.4, -0.2) is 56.5 Å². The normalized spacial score (nSPS) is 14.2. The molecule has 1 saturated heterocycles. The highest BCUT2D eigenvalue weighted by Crippen LogP contribution is 2.28. The molecule has 0 spiro atoms. The van der Waals surface area contributed by atoms with Gasteiger partial charge in [-0.1, -0.05) is 32.9 Å². The third-order valence-corrected chi connectivity index (χ3v) is 7.94. The number of aromatic nitrogens is 4. The molecule has 0 radical (unpaired) electrons.